The molecule has 0 spiro atoms. The van der Waals surface area contributed by atoms with Gasteiger partial charge in [-0.15, -0.1) is 0 Å². The third-order valence-electron chi connectivity index (χ3n) is 5.51. The number of rotatable bonds is 16. The van der Waals surface area contributed by atoms with Crippen LogP contribution in [0.15, 0.2) is 21.7 Å². The Morgan fingerprint density at radius 3 is 1.45 bits per heavy atom. The molecule has 0 aromatic carbocycles. The quantitative estimate of drug-likeness (QED) is 0.265. The minimum Gasteiger partial charge on any atom is -0.273 e. The molecule has 0 saturated heterocycles. The molecule has 176 valence electrons. The van der Waals surface area contributed by atoms with Crippen molar-refractivity contribution in [3.8, 4) is 0 Å². The molecule has 0 aliphatic carbocycles. The molecule has 0 atom stereocenters. The Hall–Kier alpha value is -2.18. The second-order valence-electron chi connectivity index (χ2n) is 8.32. The molecule has 0 amide bonds. The molecule has 31 heavy (non-hydrogen) atoms. The Bertz CT molecular complexity index is 768. The minimum absolute atomic E-state index is 0.229. The second-order valence-corrected chi connectivity index (χ2v) is 8.32. The molecule has 7 heteroatoms. The Morgan fingerprint density at radius 1 is 0.645 bits per heavy atom. The van der Waals surface area contributed by atoms with Crippen LogP contribution in [0.4, 0.5) is 0 Å². The van der Waals surface area contributed by atoms with Gasteiger partial charge in [-0.2, -0.15) is 9.36 Å². The molecule has 1 aromatic rings. The molecular weight excluding hydrogens is 394 g/mol. The number of carbonyl (C=O) groups is 2. The van der Waals surface area contributed by atoms with Gasteiger partial charge in [0.2, 0.25) is 11.8 Å². The van der Waals surface area contributed by atoms with E-state index in [0.29, 0.717) is 15.8 Å². The zero-order valence-corrected chi connectivity index (χ0v) is 19.7. The van der Waals surface area contributed by atoms with E-state index in [1.807, 2.05) is 0 Å². The maximum atomic E-state index is 12.3. The summed E-state index contributed by atoms with van der Waals surface area (Å²) in [5.41, 5.74) is -1.47. The molecule has 0 aliphatic heterocycles. The molecule has 0 saturated carbocycles. The van der Waals surface area contributed by atoms with E-state index in [1.165, 1.54) is 57.8 Å². The van der Waals surface area contributed by atoms with Crippen LogP contribution in [0.3, 0.4) is 0 Å². The molecule has 1 heterocycles. The highest BCUT2D eigenvalue weighted by Crippen LogP contribution is 2.10. The Kier molecular flexibility index (Phi) is 13.5. The van der Waals surface area contributed by atoms with Crippen molar-refractivity contribution in [2.45, 2.75) is 117 Å². The van der Waals surface area contributed by atoms with Gasteiger partial charge in [0.15, 0.2) is 0 Å². The first-order valence-corrected chi connectivity index (χ1v) is 12.0. The van der Waals surface area contributed by atoms with Crippen molar-refractivity contribution in [3.05, 3.63) is 33.1 Å². The average Bonchev–Trinajstić information content (AvgIpc) is 2.98. The normalized spacial score (nSPS) is 11.5. The number of hydrogen-bond acceptors (Lipinski definition) is 4. The highest BCUT2D eigenvalue weighted by molar-refractivity contribution is 5.81. The van der Waals surface area contributed by atoms with E-state index >= 15 is 0 Å². The maximum absolute atomic E-state index is 12.3. The third-order valence-corrected chi connectivity index (χ3v) is 5.51. The van der Waals surface area contributed by atoms with Crippen molar-refractivity contribution in [2.24, 2.45) is 0 Å². The van der Waals surface area contributed by atoms with Gasteiger partial charge in [-0.1, -0.05) is 76.9 Å². The standard InChI is InChI=1S/C24H41N3O4/c1-4-5-6-7-8-9-10-11-12-13-14-15-16-17-18-19-20-25-23(30)26(21(2)28)27(22(3)29)24(25)31/h11-12H,4-10,13-20H2,1-3H3/b12-11-. The van der Waals surface area contributed by atoms with Crippen molar-refractivity contribution >= 4 is 11.8 Å². The lowest BCUT2D eigenvalue weighted by molar-refractivity contribution is 0.0814. The molecule has 0 fully saturated rings. The van der Waals surface area contributed by atoms with Crippen LogP contribution in [-0.4, -0.2) is 25.7 Å². The molecular formula is C24H41N3O4. The van der Waals surface area contributed by atoms with Crippen LogP contribution in [0.2, 0.25) is 0 Å². The van der Waals surface area contributed by atoms with E-state index in [1.54, 1.807) is 0 Å². The van der Waals surface area contributed by atoms with Gasteiger partial charge in [-0.25, -0.2) is 14.2 Å². The molecule has 0 radical (unpaired) electrons. The lowest BCUT2D eigenvalue weighted by Gasteiger charge is -2.01. The summed E-state index contributed by atoms with van der Waals surface area (Å²) in [5.74, 6) is -1.28. The predicted octanol–water partition coefficient (Wildman–Crippen LogP) is 5.17. The van der Waals surface area contributed by atoms with Crippen LogP contribution in [0.5, 0.6) is 0 Å². The fraction of sp³-hybridized carbons (Fsp3) is 0.750. The summed E-state index contributed by atoms with van der Waals surface area (Å²) in [4.78, 5) is 47.8. The fourth-order valence-electron chi connectivity index (χ4n) is 3.74. The van der Waals surface area contributed by atoms with Gasteiger partial charge in [0.05, 0.1) is 0 Å². The van der Waals surface area contributed by atoms with Crippen molar-refractivity contribution in [3.63, 3.8) is 0 Å². The van der Waals surface area contributed by atoms with Gasteiger partial charge >= 0.3 is 11.4 Å². The zero-order valence-electron chi connectivity index (χ0n) is 19.7. The maximum Gasteiger partial charge on any atom is 0.354 e. The monoisotopic (exact) mass is 435 g/mol. The van der Waals surface area contributed by atoms with Gasteiger partial charge in [0.25, 0.3) is 0 Å². The number of nitrogens with zero attached hydrogens (tertiary/aromatic N) is 3. The van der Waals surface area contributed by atoms with Crippen LogP contribution in [0.25, 0.3) is 0 Å². The SMILES string of the molecule is CCCCCCCC/C=C\CCCCCCCCn1c(=O)n(C(C)=O)n(C(C)=O)c1=O. The molecule has 1 rings (SSSR count). The summed E-state index contributed by atoms with van der Waals surface area (Å²) in [7, 11) is 0. The van der Waals surface area contributed by atoms with Gasteiger partial charge in [0, 0.05) is 20.4 Å². The van der Waals surface area contributed by atoms with E-state index < -0.39 is 23.2 Å². The minimum atomic E-state index is -0.736. The number of hydrogen-bond donors (Lipinski definition) is 0. The smallest absolute Gasteiger partial charge is 0.273 e. The molecule has 0 N–H and O–H groups in total. The molecule has 0 aliphatic rings. The second kappa shape index (κ2) is 15.6. The van der Waals surface area contributed by atoms with Crippen molar-refractivity contribution in [1.82, 2.24) is 13.9 Å². The van der Waals surface area contributed by atoms with Crippen LogP contribution < -0.4 is 11.4 Å². The molecule has 0 unspecified atom stereocenters. The van der Waals surface area contributed by atoms with Gasteiger partial charge in [-0.3, -0.25) is 9.59 Å². The number of unbranched alkanes of at least 4 members (excludes halogenated alkanes) is 12. The van der Waals surface area contributed by atoms with Crippen LogP contribution in [0.1, 0.15) is 120 Å². The van der Waals surface area contributed by atoms with E-state index in [4.69, 9.17) is 0 Å². The zero-order chi connectivity index (χ0) is 23.1. The topological polar surface area (TPSA) is 83.1 Å². The van der Waals surface area contributed by atoms with E-state index in [0.717, 1.165) is 44.1 Å². The van der Waals surface area contributed by atoms with E-state index in [-0.39, 0.29) is 6.54 Å². The largest absolute Gasteiger partial charge is 0.354 e. The first kappa shape index (κ1) is 26.9. The fourth-order valence-corrected chi connectivity index (χ4v) is 3.74. The predicted molar refractivity (Wildman–Crippen MR) is 125 cm³/mol. The molecule has 0 bridgehead atoms. The Balaban J connectivity index is 2.16. The summed E-state index contributed by atoms with van der Waals surface area (Å²) < 4.78 is 2.21. The summed E-state index contributed by atoms with van der Waals surface area (Å²) in [6, 6.07) is 0. The Labute approximate surface area is 186 Å². The van der Waals surface area contributed by atoms with Crippen LogP contribution in [0, 0.1) is 0 Å². The van der Waals surface area contributed by atoms with Crippen LogP contribution >= 0.6 is 0 Å². The van der Waals surface area contributed by atoms with Gasteiger partial charge < -0.3 is 0 Å². The summed E-state index contributed by atoms with van der Waals surface area (Å²) in [5, 5.41) is 0. The Morgan fingerprint density at radius 2 is 1.03 bits per heavy atom. The first-order valence-electron chi connectivity index (χ1n) is 12.0. The molecule has 1 aromatic heterocycles. The van der Waals surface area contributed by atoms with Crippen molar-refractivity contribution < 1.29 is 9.59 Å². The third kappa shape index (κ3) is 9.66. The summed E-state index contributed by atoms with van der Waals surface area (Å²) in [6.45, 7) is 4.80. The number of carbonyl (C=O) groups excluding carboxylic acids is 2. The van der Waals surface area contributed by atoms with Crippen LogP contribution in [-0.2, 0) is 6.54 Å². The lowest BCUT2D eigenvalue weighted by Crippen LogP contribution is -2.33. The van der Waals surface area contributed by atoms with Gasteiger partial charge in [0.1, 0.15) is 0 Å². The number of aromatic nitrogens is 3. The van der Waals surface area contributed by atoms with Crippen molar-refractivity contribution in [1.29, 1.82) is 0 Å². The summed E-state index contributed by atoms with van der Waals surface area (Å²) >= 11 is 0. The highest BCUT2D eigenvalue weighted by Gasteiger charge is 2.20. The lowest BCUT2D eigenvalue weighted by atomic mass is 10.1. The first-order chi connectivity index (χ1) is 14.9. The average molecular weight is 436 g/mol. The van der Waals surface area contributed by atoms with Gasteiger partial charge in [-0.05, 0) is 32.1 Å². The summed E-state index contributed by atoms with van der Waals surface area (Å²) in [6.07, 6.45) is 21.1. The van der Waals surface area contributed by atoms with E-state index in [9.17, 15) is 19.2 Å². The highest BCUT2D eigenvalue weighted by atomic mass is 16.2. The molecule has 7 nitrogen and oxygen atoms in total. The van der Waals surface area contributed by atoms with Crippen molar-refractivity contribution in [2.75, 3.05) is 0 Å². The van der Waals surface area contributed by atoms with E-state index in [2.05, 4.69) is 19.1 Å². The number of allylic oxidation sites excluding steroid dienone is 2.